The van der Waals surface area contributed by atoms with Crippen LogP contribution in [0.3, 0.4) is 0 Å². The summed E-state index contributed by atoms with van der Waals surface area (Å²) in [7, 11) is 0. The molecular formula is C26H24F3N5O3. The summed E-state index contributed by atoms with van der Waals surface area (Å²) in [4.78, 5) is 34.7. The Balaban J connectivity index is 1.69. The number of halogens is 3. The van der Waals surface area contributed by atoms with Gasteiger partial charge in [0.15, 0.2) is 0 Å². The van der Waals surface area contributed by atoms with Gasteiger partial charge in [-0.25, -0.2) is 18.5 Å². The van der Waals surface area contributed by atoms with Gasteiger partial charge in [-0.3, -0.25) is 9.55 Å². The van der Waals surface area contributed by atoms with Crippen LogP contribution in [0.1, 0.15) is 27.9 Å². The Bertz CT molecular complexity index is 1500. The first kappa shape index (κ1) is 25.7. The van der Waals surface area contributed by atoms with Crippen LogP contribution in [0, 0.1) is 19.7 Å². The zero-order valence-corrected chi connectivity index (χ0v) is 20.1. The van der Waals surface area contributed by atoms with Crippen LogP contribution in [0.25, 0.3) is 0 Å². The van der Waals surface area contributed by atoms with E-state index in [9.17, 15) is 22.8 Å². The minimum absolute atomic E-state index is 0.00203. The predicted molar refractivity (Wildman–Crippen MR) is 131 cm³/mol. The SMILES string of the molecule is Cc1cc(C)c(CNc2nc(=O)n(Cc3ccc(F)cc3)c(=O)n2Cc2ccc(OC(F)F)cc2)cn1. The fourth-order valence-corrected chi connectivity index (χ4v) is 3.76. The number of aromatic nitrogens is 4. The van der Waals surface area contributed by atoms with Crippen LogP contribution in [0.2, 0.25) is 0 Å². The first-order chi connectivity index (χ1) is 17.7. The molecule has 2 aromatic carbocycles. The number of hydrogen-bond donors (Lipinski definition) is 1. The average molecular weight is 512 g/mol. The molecule has 0 saturated heterocycles. The normalized spacial score (nSPS) is 11.1. The van der Waals surface area contributed by atoms with Gasteiger partial charge in [0.1, 0.15) is 11.6 Å². The van der Waals surface area contributed by atoms with Crippen LogP contribution in [-0.2, 0) is 19.6 Å². The van der Waals surface area contributed by atoms with Gasteiger partial charge < -0.3 is 10.1 Å². The number of nitrogens with one attached hydrogen (secondary N) is 1. The molecule has 4 aromatic rings. The van der Waals surface area contributed by atoms with Crippen molar-refractivity contribution in [2.24, 2.45) is 0 Å². The maximum absolute atomic E-state index is 13.5. The number of benzene rings is 2. The molecule has 0 spiro atoms. The monoisotopic (exact) mass is 511 g/mol. The standard InChI is InChI=1S/C26H24F3N5O3/c1-16-11-17(2)30-12-20(16)13-31-24-32-25(35)34(15-18-3-7-21(27)8-4-18)26(36)33(24)14-19-5-9-22(10-6-19)37-23(28)29/h3-12,23H,13-15H2,1-2H3,(H,31,32,35). The van der Waals surface area contributed by atoms with E-state index >= 15 is 0 Å². The van der Waals surface area contributed by atoms with Crippen LogP contribution in [0.4, 0.5) is 19.1 Å². The second-order valence-electron chi connectivity index (χ2n) is 8.43. The molecule has 2 aromatic heterocycles. The molecule has 0 fully saturated rings. The number of hydrogen-bond acceptors (Lipinski definition) is 6. The minimum Gasteiger partial charge on any atom is -0.435 e. The molecule has 0 atom stereocenters. The predicted octanol–water partition coefficient (Wildman–Crippen LogP) is 3.87. The van der Waals surface area contributed by atoms with Crippen LogP contribution in [0.5, 0.6) is 5.75 Å². The van der Waals surface area contributed by atoms with Crippen molar-refractivity contribution >= 4 is 5.95 Å². The highest BCUT2D eigenvalue weighted by molar-refractivity contribution is 5.33. The smallest absolute Gasteiger partial charge is 0.387 e. The first-order valence-electron chi connectivity index (χ1n) is 11.4. The van der Waals surface area contributed by atoms with E-state index in [2.05, 4.69) is 20.0 Å². The highest BCUT2D eigenvalue weighted by Crippen LogP contribution is 2.16. The van der Waals surface area contributed by atoms with Gasteiger partial charge in [0.25, 0.3) is 0 Å². The zero-order valence-electron chi connectivity index (χ0n) is 20.1. The second-order valence-corrected chi connectivity index (χ2v) is 8.43. The van der Waals surface area contributed by atoms with E-state index in [0.29, 0.717) is 11.1 Å². The topological polar surface area (TPSA) is 91.0 Å². The van der Waals surface area contributed by atoms with E-state index in [-0.39, 0.29) is 31.3 Å². The molecule has 0 aliphatic carbocycles. The second kappa shape index (κ2) is 11.1. The van der Waals surface area contributed by atoms with E-state index in [1.54, 1.807) is 6.20 Å². The Kier molecular flexibility index (Phi) is 7.71. The van der Waals surface area contributed by atoms with Crippen molar-refractivity contribution in [1.29, 1.82) is 0 Å². The van der Waals surface area contributed by atoms with Crippen molar-refractivity contribution in [2.75, 3.05) is 5.32 Å². The Labute approximate surface area is 210 Å². The third-order valence-corrected chi connectivity index (χ3v) is 5.69. The van der Waals surface area contributed by atoms with Gasteiger partial charge in [0.05, 0.1) is 13.1 Å². The molecule has 1 N–H and O–H groups in total. The first-order valence-corrected chi connectivity index (χ1v) is 11.4. The Morgan fingerprint density at radius 3 is 2.19 bits per heavy atom. The highest BCUT2D eigenvalue weighted by Gasteiger charge is 2.15. The third kappa shape index (κ3) is 6.43. The Morgan fingerprint density at radius 1 is 0.946 bits per heavy atom. The molecule has 0 unspecified atom stereocenters. The lowest BCUT2D eigenvalue weighted by atomic mass is 10.1. The van der Waals surface area contributed by atoms with Crippen molar-refractivity contribution in [2.45, 2.75) is 40.1 Å². The molecule has 0 aliphatic heterocycles. The van der Waals surface area contributed by atoms with E-state index in [1.165, 1.54) is 53.1 Å². The zero-order chi connectivity index (χ0) is 26.5. The third-order valence-electron chi connectivity index (χ3n) is 5.69. The summed E-state index contributed by atoms with van der Waals surface area (Å²) >= 11 is 0. The summed E-state index contributed by atoms with van der Waals surface area (Å²) < 4.78 is 44.9. The lowest BCUT2D eigenvalue weighted by Crippen LogP contribution is -2.43. The van der Waals surface area contributed by atoms with Crippen molar-refractivity contribution in [3.05, 3.63) is 116 Å². The van der Waals surface area contributed by atoms with E-state index in [1.807, 2.05) is 19.9 Å². The molecule has 11 heteroatoms. The number of aryl methyl sites for hydroxylation is 2. The number of anilines is 1. The summed E-state index contributed by atoms with van der Waals surface area (Å²) in [6.07, 6.45) is 1.71. The summed E-state index contributed by atoms with van der Waals surface area (Å²) in [5.41, 5.74) is 2.42. The molecule has 0 aliphatic rings. The molecule has 0 bridgehead atoms. The van der Waals surface area contributed by atoms with Crippen LogP contribution in [-0.4, -0.2) is 25.7 Å². The molecule has 0 amide bonds. The molecule has 0 radical (unpaired) electrons. The van der Waals surface area contributed by atoms with Gasteiger partial charge in [-0.15, -0.1) is 0 Å². The Hall–Kier alpha value is -4.41. The average Bonchev–Trinajstić information content (AvgIpc) is 2.85. The fraction of sp³-hybridized carbons (Fsp3) is 0.231. The largest absolute Gasteiger partial charge is 0.435 e. The summed E-state index contributed by atoms with van der Waals surface area (Å²) in [6, 6.07) is 13.2. The molecule has 0 saturated carbocycles. The van der Waals surface area contributed by atoms with E-state index in [4.69, 9.17) is 0 Å². The number of rotatable bonds is 9. The van der Waals surface area contributed by atoms with Gasteiger partial charge in [-0.05, 0) is 66.4 Å². The molecular weight excluding hydrogens is 487 g/mol. The van der Waals surface area contributed by atoms with E-state index < -0.39 is 23.8 Å². The number of pyridine rings is 1. The van der Waals surface area contributed by atoms with Crippen molar-refractivity contribution in [3.8, 4) is 5.75 Å². The summed E-state index contributed by atoms with van der Waals surface area (Å²) in [6.45, 7) is 1.00. The maximum atomic E-state index is 13.5. The quantitative estimate of drug-likeness (QED) is 0.367. The summed E-state index contributed by atoms with van der Waals surface area (Å²) in [5, 5.41) is 3.05. The Morgan fingerprint density at radius 2 is 1.57 bits per heavy atom. The van der Waals surface area contributed by atoms with Crippen LogP contribution < -0.4 is 21.4 Å². The molecule has 37 heavy (non-hydrogen) atoms. The molecule has 192 valence electrons. The van der Waals surface area contributed by atoms with Gasteiger partial charge in [-0.1, -0.05) is 24.3 Å². The van der Waals surface area contributed by atoms with E-state index in [0.717, 1.165) is 21.4 Å². The maximum Gasteiger partial charge on any atom is 0.387 e. The van der Waals surface area contributed by atoms with Gasteiger partial charge in [-0.2, -0.15) is 13.8 Å². The van der Waals surface area contributed by atoms with Gasteiger partial charge in [0, 0.05) is 18.4 Å². The highest BCUT2D eigenvalue weighted by atomic mass is 19.3. The summed E-state index contributed by atoms with van der Waals surface area (Å²) in [5.74, 6) is -0.421. The number of nitrogens with zero attached hydrogens (tertiary/aromatic N) is 4. The molecule has 2 heterocycles. The molecule has 8 nitrogen and oxygen atoms in total. The molecule has 4 rings (SSSR count). The number of alkyl halides is 2. The van der Waals surface area contributed by atoms with Crippen molar-refractivity contribution < 1.29 is 17.9 Å². The fourth-order valence-electron chi connectivity index (χ4n) is 3.76. The van der Waals surface area contributed by atoms with Gasteiger partial charge in [0.2, 0.25) is 5.95 Å². The van der Waals surface area contributed by atoms with Crippen molar-refractivity contribution in [1.82, 2.24) is 19.1 Å². The number of ether oxygens (including phenoxy) is 1. The van der Waals surface area contributed by atoms with Crippen molar-refractivity contribution in [3.63, 3.8) is 0 Å². The lowest BCUT2D eigenvalue weighted by Gasteiger charge is -2.16. The van der Waals surface area contributed by atoms with Crippen LogP contribution in [0.15, 0.2) is 70.4 Å². The minimum atomic E-state index is -2.96. The van der Waals surface area contributed by atoms with Crippen LogP contribution >= 0.6 is 0 Å². The van der Waals surface area contributed by atoms with Gasteiger partial charge >= 0.3 is 18.0 Å². The lowest BCUT2D eigenvalue weighted by molar-refractivity contribution is -0.0498.